The Labute approximate surface area is 216 Å². The molecule has 1 aliphatic carbocycles. The molecule has 4 rings (SSSR count). The number of halogens is 1. The van der Waals surface area contributed by atoms with Gasteiger partial charge in [-0.2, -0.15) is 0 Å². The predicted octanol–water partition coefficient (Wildman–Crippen LogP) is 4.68. The molecule has 3 unspecified atom stereocenters. The zero-order valence-corrected chi connectivity index (χ0v) is 21.9. The molecule has 35 heavy (non-hydrogen) atoms. The Morgan fingerprint density at radius 2 is 2.09 bits per heavy atom. The lowest BCUT2D eigenvalue weighted by molar-refractivity contribution is -0.142. The maximum atomic E-state index is 13.5. The van der Waals surface area contributed by atoms with E-state index >= 15 is 0 Å². The molecule has 3 N–H and O–H groups in total. The fourth-order valence-corrected chi connectivity index (χ4v) is 6.05. The molecule has 3 aromatic rings. The lowest BCUT2D eigenvalue weighted by Gasteiger charge is -2.25. The maximum Gasteiger partial charge on any atom is 0.326 e. The fraction of sp³-hybridized carbons (Fsp3) is 0.346. The number of methoxy groups -OCH3 is 1. The number of aryl methyl sites for hydroxylation is 1. The van der Waals surface area contributed by atoms with Gasteiger partial charge in [0.25, 0.3) is 0 Å². The van der Waals surface area contributed by atoms with Gasteiger partial charge in [0, 0.05) is 35.2 Å². The molecule has 1 heterocycles. The van der Waals surface area contributed by atoms with E-state index in [4.69, 9.17) is 4.74 Å². The van der Waals surface area contributed by atoms with E-state index in [0.717, 1.165) is 51.1 Å². The molecule has 2 aromatic carbocycles. The Kier molecular flexibility index (Phi) is 7.86. The van der Waals surface area contributed by atoms with Gasteiger partial charge in [-0.25, -0.2) is 4.79 Å². The average Bonchev–Trinajstić information content (AvgIpc) is 3.42. The van der Waals surface area contributed by atoms with Gasteiger partial charge in [-0.05, 0) is 53.6 Å². The lowest BCUT2D eigenvalue weighted by Crippen LogP contribution is -2.46. The van der Waals surface area contributed by atoms with E-state index in [0.29, 0.717) is 11.5 Å². The number of aliphatic carboxylic acids is 1. The molecule has 0 saturated heterocycles. The number of carbonyl (C=O) groups is 3. The summed E-state index contributed by atoms with van der Waals surface area (Å²) in [7, 11) is 1.58. The Morgan fingerprint density at radius 3 is 2.80 bits per heavy atom. The van der Waals surface area contributed by atoms with Crippen molar-refractivity contribution < 1.29 is 24.2 Å². The summed E-state index contributed by atoms with van der Waals surface area (Å²) in [6.07, 6.45) is 3.49. The summed E-state index contributed by atoms with van der Waals surface area (Å²) in [5.74, 6) is -1.07. The summed E-state index contributed by atoms with van der Waals surface area (Å²) < 4.78 is 6.36. The van der Waals surface area contributed by atoms with Crippen LogP contribution in [-0.4, -0.2) is 46.0 Å². The van der Waals surface area contributed by atoms with Gasteiger partial charge in [0.2, 0.25) is 5.91 Å². The number of hydrogen-bond donors (Lipinski definition) is 3. The number of aromatic nitrogens is 1. The zero-order valence-electron chi connectivity index (χ0n) is 19.5. The molecule has 0 saturated carbocycles. The number of carboxylic acids is 1. The number of nitrogens with one attached hydrogen (secondary N) is 2. The van der Waals surface area contributed by atoms with E-state index in [1.807, 2.05) is 30.3 Å². The van der Waals surface area contributed by atoms with Crippen LogP contribution >= 0.6 is 27.7 Å². The van der Waals surface area contributed by atoms with E-state index in [9.17, 15) is 19.5 Å². The van der Waals surface area contributed by atoms with Gasteiger partial charge in [0.1, 0.15) is 11.8 Å². The van der Waals surface area contributed by atoms with Crippen molar-refractivity contribution in [3.8, 4) is 5.75 Å². The van der Waals surface area contributed by atoms with Crippen molar-refractivity contribution in [3.63, 3.8) is 0 Å². The third-order valence-corrected chi connectivity index (χ3v) is 7.96. The number of para-hydroxylation sites is 1. The van der Waals surface area contributed by atoms with Gasteiger partial charge in [0.15, 0.2) is 5.12 Å². The molecule has 1 aromatic heterocycles. The highest BCUT2D eigenvalue weighted by molar-refractivity contribution is 9.10. The minimum Gasteiger partial charge on any atom is -0.495 e. The number of hydrogen-bond acceptors (Lipinski definition) is 5. The highest BCUT2D eigenvalue weighted by Gasteiger charge is 2.36. The van der Waals surface area contributed by atoms with Gasteiger partial charge in [0.05, 0.1) is 18.5 Å². The van der Waals surface area contributed by atoms with Gasteiger partial charge >= 0.3 is 5.97 Å². The third-order valence-electron chi connectivity index (χ3n) is 6.54. The predicted molar refractivity (Wildman–Crippen MR) is 140 cm³/mol. The van der Waals surface area contributed by atoms with Crippen LogP contribution in [0.4, 0.5) is 0 Å². The number of benzene rings is 2. The minimum absolute atomic E-state index is 0.0700. The number of fused-ring (bicyclic) bond motifs is 2. The van der Waals surface area contributed by atoms with Crippen molar-refractivity contribution >= 4 is 55.6 Å². The molecule has 0 bridgehead atoms. The summed E-state index contributed by atoms with van der Waals surface area (Å²) in [5.41, 5.74) is 3.83. The molecule has 7 nitrogen and oxygen atoms in total. The van der Waals surface area contributed by atoms with Crippen LogP contribution in [0.2, 0.25) is 0 Å². The summed E-state index contributed by atoms with van der Waals surface area (Å²) in [6.45, 7) is 1.48. The molecule has 184 valence electrons. The average molecular weight is 559 g/mol. The summed E-state index contributed by atoms with van der Waals surface area (Å²) in [4.78, 5) is 40.5. The van der Waals surface area contributed by atoms with Gasteiger partial charge < -0.3 is 20.1 Å². The second kappa shape index (κ2) is 10.9. The van der Waals surface area contributed by atoms with Crippen LogP contribution in [0.1, 0.15) is 36.0 Å². The van der Waals surface area contributed by atoms with Crippen LogP contribution in [0.5, 0.6) is 5.75 Å². The number of amides is 1. The molecule has 0 spiro atoms. The Bertz CT molecular complexity index is 1270. The van der Waals surface area contributed by atoms with Gasteiger partial charge in [-0.1, -0.05) is 45.9 Å². The molecule has 1 aliphatic rings. The first-order chi connectivity index (χ1) is 16.8. The molecular weight excluding hydrogens is 532 g/mol. The van der Waals surface area contributed by atoms with Gasteiger partial charge in [-0.15, -0.1) is 0 Å². The second-order valence-corrected chi connectivity index (χ2v) is 10.8. The van der Waals surface area contributed by atoms with Crippen molar-refractivity contribution in [3.05, 3.63) is 63.8 Å². The van der Waals surface area contributed by atoms with Crippen molar-refractivity contribution in [2.45, 2.75) is 38.1 Å². The number of rotatable bonds is 9. The lowest BCUT2D eigenvalue weighted by atomic mass is 9.87. The highest BCUT2D eigenvalue weighted by atomic mass is 79.9. The SMILES string of the molecule is COc1cccc2c(CC(NC(=O)C(CSC(C)=O)C3CCc4cc(Br)ccc43)C(=O)O)c[nH]c12. The normalized spacial score (nSPS) is 16.5. The second-order valence-electron chi connectivity index (χ2n) is 8.70. The highest BCUT2D eigenvalue weighted by Crippen LogP contribution is 2.41. The molecule has 0 radical (unpaired) electrons. The Hall–Kier alpha value is -2.78. The van der Waals surface area contributed by atoms with Crippen molar-refractivity contribution in [1.82, 2.24) is 10.3 Å². The van der Waals surface area contributed by atoms with Crippen molar-refractivity contribution in [1.29, 1.82) is 0 Å². The van der Waals surface area contributed by atoms with Crippen LogP contribution in [0.15, 0.2) is 47.1 Å². The summed E-state index contributed by atoms with van der Waals surface area (Å²) in [5, 5.41) is 13.5. The van der Waals surface area contributed by atoms with Crippen LogP contribution < -0.4 is 10.1 Å². The van der Waals surface area contributed by atoms with Crippen LogP contribution in [0, 0.1) is 5.92 Å². The quantitative estimate of drug-likeness (QED) is 0.352. The van der Waals surface area contributed by atoms with E-state index in [1.54, 1.807) is 13.3 Å². The molecule has 9 heteroatoms. The van der Waals surface area contributed by atoms with E-state index in [-0.39, 0.29) is 23.4 Å². The topological polar surface area (TPSA) is 108 Å². The first-order valence-corrected chi connectivity index (χ1v) is 13.1. The number of H-pyrrole nitrogens is 1. The fourth-order valence-electron chi connectivity index (χ4n) is 4.84. The van der Waals surface area contributed by atoms with E-state index in [1.165, 1.54) is 12.5 Å². The Balaban J connectivity index is 1.57. The molecule has 0 aliphatic heterocycles. The smallest absolute Gasteiger partial charge is 0.326 e. The van der Waals surface area contributed by atoms with E-state index in [2.05, 4.69) is 32.3 Å². The van der Waals surface area contributed by atoms with Crippen LogP contribution in [0.3, 0.4) is 0 Å². The number of ether oxygens (including phenoxy) is 1. The number of thioether (sulfide) groups is 1. The van der Waals surface area contributed by atoms with Crippen LogP contribution in [-0.2, 0) is 27.2 Å². The molecule has 1 amide bonds. The molecule has 0 fully saturated rings. The first-order valence-electron chi connectivity index (χ1n) is 11.4. The number of carbonyl (C=O) groups excluding carboxylic acids is 2. The maximum absolute atomic E-state index is 13.5. The van der Waals surface area contributed by atoms with Crippen molar-refractivity contribution in [2.24, 2.45) is 5.92 Å². The third kappa shape index (κ3) is 5.56. The largest absolute Gasteiger partial charge is 0.495 e. The standard InChI is InChI=1S/C26H27BrN2O5S/c1-14(30)35-13-21(20-8-6-15-10-17(27)7-9-18(15)20)25(31)29-22(26(32)33)11-16-12-28-24-19(16)4-3-5-23(24)34-2/h3-5,7,9-10,12,20-22,28H,6,8,11,13H2,1-2H3,(H,29,31)(H,32,33). The summed E-state index contributed by atoms with van der Waals surface area (Å²) >= 11 is 4.60. The van der Waals surface area contributed by atoms with Crippen LogP contribution in [0.25, 0.3) is 10.9 Å². The minimum atomic E-state index is -1.11. The molecule has 3 atom stereocenters. The van der Waals surface area contributed by atoms with Crippen molar-refractivity contribution in [2.75, 3.05) is 12.9 Å². The summed E-state index contributed by atoms with van der Waals surface area (Å²) in [6, 6.07) is 10.5. The Morgan fingerprint density at radius 1 is 1.29 bits per heavy atom. The zero-order chi connectivity index (χ0) is 25.1. The molecular formula is C26H27BrN2O5S. The number of carboxylic acid groups (broad SMARTS) is 1. The van der Waals surface area contributed by atoms with Gasteiger partial charge in [-0.3, -0.25) is 9.59 Å². The number of aromatic amines is 1. The first kappa shape index (κ1) is 25.3. The van der Waals surface area contributed by atoms with E-state index < -0.39 is 17.9 Å². The monoisotopic (exact) mass is 558 g/mol.